The molecular formula is C14H19N3O3. The molecule has 0 spiro atoms. The lowest BCUT2D eigenvalue weighted by Crippen LogP contribution is -2.47. The molecule has 2 atom stereocenters. The lowest BCUT2D eigenvalue weighted by atomic mass is 9.88. The van der Waals surface area contributed by atoms with Crippen molar-refractivity contribution in [3.63, 3.8) is 0 Å². The summed E-state index contributed by atoms with van der Waals surface area (Å²) in [5, 5.41) is 15.8. The third-order valence-corrected chi connectivity index (χ3v) is 4.45. The van der Waals surface area contributed by atoms with Gasteiger partial charge in [0, 0.05) is 24.2 Å². The quantitative estimate of drug-likeness (QED) is 0.878. The Morgan fingerprint density at radius 1 is 1.40 bits per heavy atom. The van der Waals surface area contributed by atoms with E-state index in [2.05, 4.69) is 10.2 Å². The van der Waals surface area contributed by atoms with Gasteiger partial charge in [0.05, 0.1) is 0 Å². The predicted octanol–water partition coefficient (Wildman–Crippen LogP) is 1.58. The van der Waals surface area contributed by atoms with Gasteiger partial charge >= 0.3 is 5.97 Å². The SMILES string of the molecule is Cc1cc(C(=O)N2C3CCC2CC(CC(=O)O)C3)n[nH]1. The highest BCUT2D eigenvalue weighted by Gasteiger charge is 2.44. The van der Waals surface area contributed by atoms with Gasteiger partial charge in [-0.05, 0) is 44.6 Å². The van der Waals surface area contributed by atoms with E-state index in [-0.39, 0.29) is 30.3 Å². The maximum Gasteiger partial charge on any atom is 0.303 e. The molecule has 2 N–H and O–H groups in total. The number of carboxylic acid groups (broad SMARTS) is 1. The molecule has 0 saturated carbocycles. The highest BCUT2D eigenvalue weighted by Crippen LogP contribution is 2.40. The zero-order chi connectivity index (χ0) is 14.3. The van der Waals surface area contributed by atoms with Crippen molar-refractivity contribution in [2.75, 3.05) is 0 Å². The zero-order valence-corrected chi connectivity index (χ0v) is 11.5. The van der Waals surface area contributed by atoms with Crippen molar-refractivity contribution in [3.8, 4) is 0 Å². The van der Waals surface area contributed by atoms with E-state index in [1.165, 1.54) is 0 Å². The molecule has 2 aliphatic heterocycles. The Balaban J connectivity index is 1.74. The van der Waals surface area contributed by atoms with Gasteiger partial charge in [-0.25, -0.2) is 0 Å². The molecule has 1 amide bonds. The lowest BCUT2D eigenvalue weighted by Gasteiger charge is -2.38. The van der Waals surface area contributed by atoms with Crippen molar-refractivity contribution >= 4 is 11.9 Å². The van der Waals surface area contributed by atoms with Gasteiger partial charge in [0.2, 0.25) is 0 Å². The molecular weight excluding hydrogens is 258 g/mol. The molecule has 0 aliphatic carbocycles. The van der Waals surface area contributed by atoms with Crippen LogP contribution in [0.4, 0.5) is 0 Å². The van der Waals surface area contributed by atoms with E-state index in [4.69, 9.17) is 5.11 Å². The van der Waals surface area contributed by atoms with Gasteiger partial charge in [-0.2, -0.15) is 5.10 Å². The van der Waals surface area contributed by atoms with Crippen molar-refractivity contribution in [1.29, 1.82) is 0 Å². The summed E-state index contributed by atoms with van der Waals surface area (Å²) >= 11 is 0. The van der Waals surface area contributed by atoms with Crippen LogP contribution in [0, 0.1) is 12.8 Å². The first kappa shape index (κ1) is 13.1. The fourth-order valence-electron chi connectivity index (χ4n) is 3.69. The van der Waals surface area contributed by atoms with Crippen LogP contribution in [-0.2, 0) is 4.79 Å². The topological polar surface area (TPSA) is 86.3 Å². The number of nitrogens with one attached hydrogen (secondary N) is 1. The van der Waals surface area contributed by atoms with E-state index < -0.39 is 5.97 Å². The maximum absolute atomic E-state index is 12.5. The molecule has 2 bridgehead atoms. The number of carbonyl (C=O) groups is 2. The van der Waals surface area contributed by atoms with E-state index in [1.54, 1.807) is 6.07 Å². The van der Waals surface area contributed by atoms with Crippen LogP contribution in [-0.4, -0.2) is 44.2 Å². The van der Waals surface area contributed by atoms with Gasteiger partial charge < -0.3 is 10.0 Å². The van der Waals surface area contributed by atoms with Crippen LogP contribution in [0.15, 0.2) is 6.07 Å². The molecule has 2 unspecified atom stereocenters. The Hall–Kier alpha value is -1.85. The summed E-state index contributed by atoms with van der Waals surface area (Å²) in [7, 11) is 0. The van der Waals surface area contributed by atoms with E-state index in [9.17, 15) is 9.59 Å². The Morgan fingerprint density at radius 3 is 2.55 bits per heavy atom. The van der Waals surface area contributed by atoms with Crippen LogP contribution in [0.3, 0.4) is 0 Å². The first-order valence-electron chi connectivity index (χ1n) is 7.11. The number of hydrogen-bond donors (Lipinski definition) is 2. The first-order valence-corrected chi connectivity index (χ1v) is 7.11. The average Bonchev–Trinajstić information content (AvgIpc) is 2.91. The van der Waals surface area contributed by atoms with Gasteiger partial charge in [0.25, 0.3) is 5.91 Å². The zero-order valence-electron chi connectivity index (χ0n) is 11.5. The number of aliphatic carboxylic acids is 1. The van der Waals surface area contributed by atoms with Crippen molar-refractivity contribution in [2.45, 2.75) is 51.1 Å². The molecule has 2 aliphatic rings. The van der Waals surface area contributed by atoms with Crippen LogP contribution in [0.5, 0.6) is 0 Å². The minimum absolute atomic E-state index is 0.0179. The second kappa shape index (κ2) is 4.92. The van der Waals surface area contributed by atoms with E-state index in [0.29, 0.717) is 5.69 Å². The van der Waals surface area contributed by atoms with E-state index in [0.717, 1.165) is 31.4 Å². The number of piperidine rings is 1. The predicted molar refractivity (Wildman–Crippen MR) is 71.3 cm³/mol. The van der Waals surface area contributed by atoms with Crippen LogP contribution in [0.25, 0.3) is 0 Å². The molecule has 1 aromatic rings. The molecule has 1 aromatic heterocycles. The number of amides is 1. The molecule has 2 saturated heterocycles. The smallest absolute Gasteiger partial charge is 0.303 e. The minimum atomic E-state index is -0.739. The maximum atomic E-state index is 12.5. The van der Waals surface area contributed by atoms with Gasteiger partial charge in [-0.15, -0.1) is 0 Å². The normalized spacial score (nSPS) is 28.6. The van der Waals surface area contributed by atoms with Gasteiger partial charge in [0.1, 0.15) is 5.69 Å². The number of carboxylic acids is 1. The Labute approximate surface area is 117 Å². The largest absolute Gasteiger partial charge is 0.481 e. The summed E-state index contributed by atoms with van der Waals surface area (Å²) < 4.78 is 0. The molecule has 108 valence electrons. The molecule has 0 radical (unpaired) electrons. The van der Waals surface area contributed by atoms with Crippen molar-refractivity contribution in [1.82, 2.24) is 15.1 Å². The lowest BCUT2D eigenvalue weighted by molar-refractivity contribution is -0.138. The monoisotopic (exact) mass is 277 g/mol. The molecule has 20 heavy (non-hydrogen) atoms. The summed E-state index contributed by atoms with van der Waals surface area (Å²) in [6.45, 7) is 1.87. The number of H-pyrrole nitrogens is 1. The molecule has 6 heteroatoms. The number of aromatic nitrogens is 2. The molecule has 2 fully saturated rings. The molecule has 3 heterocycles. The molecule has 6 nitrogen and oxygen atoms in total. The van der Waals surface area contributed by atoms with Crippen molar-refractivity contribution in [2.24, 2.45) is 5.92 Å². The van der Waals surface area contributed by atoms with Crippen LogP contribution in [0.2, 0.25) is 0 Å². The number of aromatic amines is 1. The van der Waals surface area contributed by atoms with Crippen LogP contribution in [0.1, 0.15) is 48.3 Å². The Morgan fingerprint density at radius 2 is 2.05 bits per heavy atom. The van der Waals surface area contributed by atoms with E-state index >= 15 is 0 Å². The number of rotatable bonds is 3. The first-order chi connectivity index (χ1) is 9.54. The standard InChI is InChI=1S/C14H19N3O3/c1-8-4-12(16-15-8)14(20)17-10-2-3-11(17)6-9(5-10)7-13(18)19/h4,9-11H,2-3,5-7H2,1H3,(H,15,16)(H,18,19). The fraction of sp³-hybridized carbons (Fsp3) is 0.643. The number of fused-ring (bicyclic) bond motifs is 2. The summed E-state index contributed by atoms with van der Waals surface area (Å²) in [5.41, 5.74) is 1.34. The van der Waals surface area contributed by atoms with Gasteiger partial charge in [-0.1, -0.05) is 0 Å². The summed E-state index contributed by atoms with van der Waals surface area (Å²) in [5.74, 6) is -0.553. The number of carbonyl (C=O) groups excluding carboxylic acids is 1. The summed E-state index contributed by atoms with van der Waals surface area (Å²) in [6.07, 6.45) is 3.79. The number of hydrogen-bond acceptors (Lipinski definition) is 3. The highest BCUT2D eigenvalue weighted by molar-refractivity contribution is 5.93. The highest BCUT2D eigenvalue weighted by atomic mass is 16.4. The number of nitrogens with zero attached hydrogens (tertiary/aromatic N) is 2. The van der Waals surface area contributed by atoms with Gasteiger partial charge in [0.15, 0.2) is 0 Å². The number of aryl methyl sites for hydroxylation is 1. The second-order valence-electron chi connectivity index (χ2n) is 5.97. The second-order valence-corrected chi connectivity index (χ2v) is 5.97. The van der Waals surface area contributed by atoms with Crippen LogP contribution >= 0.6 is 0 Å². The average molecular weight is 277 g/mol. The Bertz CT molecular complexity index is 526. The minimum Gasteiger partial charge on any atom is -0.481 e. The molecule has 0 aromatic carbocycles. The summed E-state index contributed by atoms with van der Waals surface area (Å²) in [4.78, 5) is 25.3. The Kier molecular flexibility index (Phi) is 3.23. The van der Waals surface area contributed by atoms with E-state index in [1.807, 2.05) is 11.8 Å². The fourth-order valence-corrected chi connectivity index (χ4v) is 3.69. The van der Waals surface area contributed by atoms with Crippen molar-refractivity contribution < 1.29 is 14.7 Å². The van der Waals surface area contributed by atoms with Crippen molar-refractivity contribution in [3.05, 3.63) is 17.5 Å². The van der Waals surface area contributed by atoms with Crippen LogP contribution < -0.4 is 0 Å². The third-order valence-electron chi connectivity index (χ3n) is 4.45. The van der Waals surface area contributed by atoms with Gasteiger partial charge in [-0.3, -0.25) is 14.7 Å². The summed E-state index contributed by atoms with van der Waals surface area (Å²) in [6, 6.07) is 2.13. The third kappa shape index (κ3) is 2.30. The molecule has 3 rings (SSSR count).